The van der Waals surface area contributed by atoms with Crippen molar-refractivity contribution in [3.63, 3.8) is 0 Å². The molecule has 0 aliphatic carbocycles. The monoisotopic (exact) mass is 407 g/mol. The molecule has 2 nitrogen and oxygen atoms in total. The van der Waals surface area contributed by atoms with Gasteiger partial charge in [-0.05, 0) is 53.0 Å². The van der Waals surface area contributed by atoms with E-state index >= 15 is 0 Å². The molecule has 1 unspecified atom stereocenters. The molecule has 21 heavy (non-hydrogen) atoms. The van der Waals surface area contributed by atoms with Crippen molar-refractivity contribution in [3.05, 3.63) is 55.4 Å². The van der Waals surface area contributed by atoms with Crippen LogP contribution in [0, 0.1) is 0 Å². The second-order valence-corrected chi connectivity index (χ2v) is 6.82. The molecule has 2 aromatic carbocycles. The summed E-state index contributed by atoms with van der Waals surface area (Å²) in [6.07, 6.45) is 0.798. The fourth-order valence-corrected chi connectivity index (χ4v) is 2.91. The minimum absolute atomic E-state index is 0.105. The molecule has 2 aromatic rings. The molecular formula is C15H13BrCl3NO. The third-order valence-electron chi connectivity index (χ3n) is 2.75. The molecule has 0 saturated carbocycles. The Morgan fingerprint density at radius 3 is 2.33 bits per heavy atom. The molecule has 1 atom stereocenters. The second kappa shape index (κ2) is 7.21. The molecular weight excluding hydrogens is 396 g/mol. The van der Waals surface area contributed by atoms with Crippen LogP contribution in [0.4, 0.5) is 0 Å². The molecule has 112 valence electrons. The number of rotatable bonds is 4. The van der Waals surface area contributed by atoms with Gasteiger partial charge in [0.15, 0.2) is 0 Å². The van der Waals surface area contributed by atoms with Gasteiger partial charge in [-0.25, -0.2) is 0 Å². The molecule has 0 amide bonds. The summed E-state index contributed by atoms with van der Waals surface area (Å²) >= 11 is 21.5. The van der Waals surface area contributed by atoms with Crippen molar-refractivity contribution in [3.8, 4) is 11.5 Å². The van der Waals surface area contributed by atoms with Crippen molar-refractivity contribution in [1.82, 2.24) is 0 Å². The van der Waals surface area contributed by atoms with E-state index < -0.39 is 0 Å². The smallest absolute Gasteiger partial charge is 0.147 e. The van der Waals surface area contributed by atoms with Crippen LogP contribution in [0.3, 0.4) is 0 Å². The van der Waals surface area contributed by atoms with Gasteiger partial charge in [0.25, 0.3) is 0 Å². The zero-order valence-corrected chi connectivity index (χ0v) is 15.0. The van der Waals surface area contributed by atoms with Gasteiger partial charge in [0.2, 0.25) is 0 Å². The Morgan fingerprint density at radius 2 is 1.71 bits per heavy atom. The molecule has 0 aliphatic heterocycles. The van der Waals surface area contributed by atoms with Gasteiger partial charge in [-0.15, -0.1) is 0 Å². The Balaban J connectivity index is 2.26. The summed E-state index contributed by atoms with van der Waals surface area (Å²) in [5, 5.41) is 1.18. The zero-order valence-electron chi connectivity index (χ0n) is 11.2. The lowest BCUT2D eigenvalue weighted by Gasteiger charge is -2.12. The van der Waals surface area contributed by atoms with Gasteiger partial charge in [-0.2, -0.15) is 0 Å². The van der Waals surface area contributed by atoms with E-state index in [1.807, 2.05) is 25.1 Å². The molecule has 0 aliphatic rings. The maximum Gasteiger partial charge on any atom is 0.147 e. The first-order chi connectivity index (χ1) is 9.86. The Labute approximate surface area is 147 Å². The minimum Gasteiger partial charge on any atom is -0.455 e. The van der Waals surface area contributed by atoms with Gasteiger partial charge >= 0.3 is 0 Å². The quantitative estimate of drug-likeness (QED) is 0.620. The fourth-order valence-electron chi connectivity index (χ4n) is 1.83. The summed E-state index contributed by atoms with van der Waals surface area (Å²) in [4.78, 5) is 0. The summed E-state index contributed by atoms with van der Waals surface area (Å²) < 4.78 is 6.60. The number of hydrogen-bond donors (Lipinski definition) is 1. The van der Waals surface area contributed by atoms with Gasteiger partial charge < -0.3 is 10.5 Å². The van der Waals surface area contributed by atoms with Crippen LogP contribution in [0.2, 0.25) is 15.1 Å². The van der Waals surface area contributed by atoms with Crippen molar-refractivity contribution in [2.24, 2.45) is 5.73 Å². The van der Waals surface area contributed by atoms with Crippen molar-refractivity contribution < 1.29 is 4.74 Å². The highest BCUT2D eigenvalue weighted by atomic mass is 79.9. The SMILES string of the molecule is CC(N)Cc1ccc(Oc2cc(Cl)c(Cl)cc2Cl)c(Br)c1. The van der Waals surface area contributed by atoms with Crippen LogP contribution in [0.25, 0.3) is 0 Å². The summed E-state index contributed by atoms with van der Waals surface area (Å²) in [7, 11) is 0. The first-order valence-electron chi connectivity index (χ1n) is 6.23. The van der Waals surface area contributed by atoms with E-state index in [0.29, 0.717) is 26.6 Å². The van der Waals surface area contributed by atoms with Crippen molar-refractivity contribution >= 4 is 50.7 Å². The maximum atomic E-state index is 6.10. The Morgan fingerprint density at radius 1 is 1.05 bits per heavy atom. The van der Waals surface area contributed by atoms with E-state index in [1.165, 1.54) is 0 Å². The summed E-state index contributed by atoms with van der Waals surface area (Å²) in [6, 6.07) is 9.06. The molecule has 6 heteroatoms. The molecule has 0 aromatic heterocycles. The van der Waals surface area contributed by atoms with Crippen LogP contribution in [0.5, 0.6) is 11.5 Å². The van der Waals surface area contributed by atoms with Gasteiger partial charge in [0, 0.05) is 12.1 Å². The van der Waals surface area contributed by atoms with Crippen molar-refractivity contribution in [2.75, 3.05) is 0 Å². The molecule has 0 heterocycles. The number of nitrogens with two attached hydrogens (primary N) is 1. The first-order valence-corrected chi connectivity index (χ1v) is 8.16. The Hall–Kier alpha value is -0.450. The standard InChI is InChI=1S/C15H13BrCl3NO/c1-8(20)4-9-2-3-14(10(16)5-9)21-15-7-12(18)11(17)6-13(15)19/h2-3,5-8H,4,20H2,1H3. The Bertz CT molecular complexity index is 662. The third kappa shape index (κ3) is 4.51. The van der Waals surface area contributed by atoms with E-state index in [2.05, 4.69) is 15.9 Å². The van der Waals surface area contributed by atoms with E-state index in [4.69, 9.17) is 45.3 Å². The lowest BCUT2D eigenvalue weighted by molar-refractivity contribution is 0.479. The van der Waals surface area contributed by atoms with E-state index in [9.17, 15) is 0 Å². The highest BCUT2D eigenvalue weighted by Crippen LogP contribution is 2.38. The lowest BCUT2D eigenvalue weighted by Crippen LogP contribution is -2.17. The van der Waals surface area contributed by atoms with Crippen LogP contribution in [-0.2, 0) is 6.42 Å². The van der Waals surface area contributed by atoms with Crippen LogP contribution in [0.1, 0.15) is 12.5 Å². The number of hydrogen-bond acceptors (Lipinski definition) is 2. The van der Waals surface area contributed by atoms with Crippen molar-refractivity contribution in [2.45, 2.75) is 19.4 Å². The van der Waals surface area contributed by atoms with Crippen LogP contribution in [-0.4, -0.2) is 6.04 Å². The topological polar surface area (TPSA) is 35.2 Å². The third-order valence-corrected chi connectivity index (χ3v) is 4.39. The predicted octanol–water partition coefficient (Wildman–Crippen LogP) is 6.09. The zero-order chi connectivity index (χ0) is 15.6. The minimum atomic E-state index is 0.105. The average molecular weight is 410 g/mol. The van der Waals surface area contributed by atoms with E-state index in [1.54, 1.807) is 12.1 Å². The molecule has 0 fully saturated rings. The molecule has 0 bridgehead atoms. The first kappa shape index (κ1) is 16.9. The summed E-state index contributed by atoms with van der Waals surface area (Å²) in [5.41, 5.74) is 6.92. The largest absolute Gasteiger partial charge is 0.455 e. The van der Waals surface area contributed by atoms with Crippen LogP contribution < -0.4 is 10.5 Å². The maximum absolute atomic E-state index is 6.10. The number of benzene rings is 2. The van der Waals surface area contributed by atoms with Crippen LogP contribution in [0.15, 0.2) is 34.8 Å². The molecule has 0 saturated heterocycles. The van der Waals surface area contributed by atoms with E-state index in [0.717, 1.165) is 16.5 Å². The lowest BCUT2D eigenvalue weighted by atomic mass is 10.1. The second-order valence-electron chi connectivity index (χ2n) is 4.74. The van der Waals surface area contributed by atoms with Gasteiger partial charge in [-0.3, -0.25) is 0 Å². The van der Waals surface area contributed by atoms with E-state index in [-0.39, 0.29) is 6.04 Å². The van der Waals surface area contributed by atoms with Gasteiger partial charge in [-0.1, -0.05) is 40.9 Å². The van der Waals surface area contributed by atoms with Crippen LogP contribution >= 0.6 is 50.7 Å². The predicted molar refractivity (Wildman–Crippen MR) is 93.0 cm³/mol. The average Bonchev–Trinajstić information content (AvgIpc) is 2.38. The highest BCUT2D eigenvalue weighted by molar-refractivity contribution is 9.10. The highest BCUT2D eigenvalue weighted by Gasteiger charge is 2.11. The summed E-state index contributed by atoms with van der Waals surface area (Å²) in [6.45, 7) is 1.97. The molecule has 2 N–H and O–H groups in total. The fraction of sp³-hybridized carbons (Fsp3) is 0.200. The number of halogens is 4. The van der Waals surface area contributed by atoms with Crippen molar-refractivity contribution in [1.29, 1.82) is 0 Å². The Kier molecular flexibility index (Phi) is 5.81. The van der Waals surface area contributed by atoms with Gasteiger partial charge in [0.1, 0.15) is 11.5 Å². The summed E-state index contributed by atoms with van der Waals surface area (Å²) in [5.74, 6) is 1.09. The van der Waals surface area contributed by atoms with Gasteiger partial charge in [0.05, 0.1) is 19.5 Å². The normalized spacial score (nSPS) is 12.3. The molecule has 2 rings (SSSR count). The molecule has 0 radical (unpaired) electrons. The molecule has 0 spiro atoms. The number of ether oxygens (including phenoxy) is 1.